The third-order valence-corrected chi connectivity index (χ3v) is 6.10. The van der Waals surface area contributed by atoms with Gasteiger partial charge in [-0.3, -0.25) is 9.59 Å². The van der Waals surface area contributed by atoms with Crippen molar-refractivity contribution in [2.45, 2.75) is 33.1 Å². The van der Waals surface area contributed by atoms with Crippen molar-refractivity contribution in [3.8, 4) is 5.75 Å². The van der Waals surface area contributed by atoms with E-state index in [0.29, 0.717) is 35.9 Å². The Bertz CT molecular complexity index is 907. The Balaban J connectivity index is 1.44. The Labute approximate surface area is 191 Å². The molecule has 6 nitrogen and oxygen atoms in total. The van der Waals surface area contributed by atoms with E-state index < -0.39 is 0 Å². The predicted octanol–water partition coefficient (Wildman–Crippen LogP) is 4.21. The van der Waals surface area contributed by atoms with E-state index in [1.165, 1.54) is 0 Å². The summed E-state index contributed by atoms with van der Waals surface area (Å²) in [6.07, 6.45) is 2.31. The predicted molar refractivity (Wildman–Crippen MR) is 128 cm³/mol. The second-order valence-electron chi connectivity index (χ2n) is 8.73. The molecule has 1 unspecified atom stereocenters. The van der Waals surface area contributed by atoms with E-state index in [0.717, 1.165) is 44.6 Å². The highest BCUT2D eigenvalue weighted by Crippen LogP contribution is 2.25. The lowest BCUT2D eigenvalue weighted by molar-refractivity contribution is -0.133. The summed E-state index contributed by atoms with van der Waals surface area (Å²) in [6, 6.07) is 15.0. The molecule has 32 heavy (non-hydrogen) atoms. The van der Waals surface area contributed by atoms with Crippen molar-refractivity contribution in [3.63, 3.8) is 0 Å². The zero-order valence-electron chi connectivity index (χ0n) is 19.5. The molecule has 2 aromatic rings. The van der Waals surface area contributed by atoms with Crippen LogP contribution in [0.1, 0.15) is 42.1 Å². The van der Waals surface area contributed by atoms with Crippen molar-refractivity contribution in [2.75, 3.05) is 45.2 Å². The topological polar surface area (TPSA) is 61.9 Å². The molecular formula is C26H35N3O3. The van der Waals surface area contributed by atoms with Crippen molar-refractivity contribution in [3.05, 3.63) is 59.7 Å². The lowest BCUT2D eigenvalue weighted by Gasteiger charge is -2.32. The molecule has 1 aliphatic heterocycles. The van der Waals surface area contributed by atoms with Crippen LogP contribution in [0, 0.1) is 12.8 Å². The summed E-state index contributed by atoms with van der Waals surface area (Å²) in [5.41, 5.74) is 2.25. The molecular weight excluding hydrogens is 402 g/mol. The van der Waals surface area contributed by atoms with Crippen LogP contribution in [-0.4, -0.2) is 61.4 Å². The second-order valence-corrected chi connectivity index (χ2v) is 8.73. The van der Waals surface area contributed by atoms with Gasteiger partial charge in [-0.25, -0.2) is 0 Å². The fourth-order valence-corrected chi connectivity index (χ4v) is 3.81. The number of hydrogen-bond acceptors (Lipinski definition) is 4. The van der Waals surface area contributed by atoms with Crippen molar-refractivity contribution in [2.24, 2.45) is 5.92 Å². The van der Waals surface area contributed by atoms with Gasteiger partial charge >= 0.3 is 0 Å². The SMILES string of the molecule is Cc1ccccc1C(=O)Nc1ccccc1OCCC(C)CCC(=O)N1CCN(C)CC1. The Hall–Kier alpha value is -2.86. The van der Waals surface area contributed by atoms with Crippen molar-refractivity contribution in [1.82, 2.24) is 9.80 Å². The molecule has 3 rings (SSSR count). The minimum atomic E-state index is -0.144. The Morgan fingerprint density at radius 2 is 1.69 bits per heavy atom. The van der Waals surface area contributed by atoms with Crippen LogP contribution >= 0.6 is 0 Å². The first-order valence-electron chi connectivity index (χ1n) is 11.5. The van der Waals surface area contributed by atoms with Crippen LogP contribution in [0.15, 0.2) is 48.5 Å². The average molecular weight is 438 g/mol. The molecule has 1 saturated heterocycles. The third-order valence-electron chi connectivity index (χ3n) is 6.10. The summed E-state index contributed by atoms with van der Waals surface area (Å²) in [6.45, 7) is 8.19. The van der Waals surface area contributed by atoms with Gasteiger partial charge in [0, 0.05) is 38.2 Å². The first-order valence-corrected chi connectivity index (χ1v) is 11.5. The number of nitrogens with zero attached hydrogens (tertiary/aromatic N) is 2. The van der Waals surface area contributed by atoms with Crippen LogP contribution in [-0.2, 0) is 4.79 Å². The maximum absolute atomic E-state index is 12.7. The zero-order valence-corrected chi connectivity index (χ0v) is 19.5. The lowest BCUT2D eigenvalue weighted by atomic mass is 10.0. The number of hydrogen-bond donors (Lipinski definition) is 1. The third kappa shape index (κ3) is 6.82. The van der Waals surface area contributed by atoms with Gasteiger partial charge < -0.3 is 19.9 Å². The van der Waals surface area contributed by atoms with E-state index in [1.54, 1.807) is 0 Å². The number of para-hydroxylation sites is 2. The molecule has 1 atom stereocenters. The highest BCUT2D eigenvalue weighted by molar-refractivity contribution is 6.05. The van der Waals surface area contributed by atoms with Crippen LogP contribution in [0.25, 0.3) is 0 Å². The van der Waals surface area contributed by atoms with Crippen LogP contribution in [0.2, 0.25) is 0 Å². The quantitative estimate of drug-likeness (QED) is 0.639. The molecule has 0 radical (unpaired) electrons. The first kappa shape index (κ1) is 23.8. The van der Waals surface area contributed by atoms with E-state index in [-0.39, 0.29) is 11.8 Å². The molecule has 2 aromatic carbocycles. The number of rotatable bonds is 9. The van der Waals surface area contributed by atoms with E-state index in [4.69, 9.17) is 4.74 Å². The molecule has 2 amide bonds. The number of amides is 2. The molecule has 0 bridgehead atoms. The number of ether oxygens (including phenoxy) is 1. The number of carbonyl (C=O) groups is 2. The van der Waals surface area contributed by atoms with E-state index in [9.17, 15) is 9.59 Å². The number of likely N-dealkylation sites (N-methyl/N-ethyl adjacent to an activating group) is 1. The second kappa shape index (κ2) is 11.7. The van der Waals surface area contributed by atoms with Crippen molar-refractivity contribution < 1.29 is 14.3 Å². The monoisotopic (exact) mass is 437 g/mol. The van der Waals surface area contributed by atoms with E-state index in [1.807, 2.05) is 60.4 Å². The molecule has 1 heterocycles. The van der Waals surface area contributed by atoms with Gasteiger partial charge in [0.25, 0.3) is 5.91 Å². The van der Waals surface area contributed by atoms with Gasteiger partial charge in [0.1, 0.15) is 5.75 Å². The van der Waals surface area contributed by atoms with Gasteiger partial charge in [-0.05, 0) is 56.5 Å². The fraction of sp³-hybridized carbons (Fsp3) is 0.462. The maximum Gasteiger partial charge on any atom is 0.256 e. The van der Waals surface area contributed by atoms with Crippen LogP contribution < -0.4 is 10.1 Å². The highest BCUT2D eigenvalue weighted by Gasteiger charge is 2.19. The molecule has 1 fully saturated rings. The number of anilines is 1. The van der Waals surface area contributed by atoms with Gasteiger partial charge in [0.2, 0.25) is 5.91 Å². The van der Waals surface area contributed by atoms with Crippen molar-refractivity contribution in [1.29, 1.82) is 0 Å². The minimum absolute atomic E-state index is 0.144. The van der Waals surface area contributed by atoms with Crippen LogP contribution in [0.4, 0.5) is 5.69 Å². The standard InChI is InChI=1S/C26H35N3O3/c1-20(12-13-25(30)29-17-15-28(3)16-18-29)14-19-32-24-11-7-6-10-23(24)27-26(31)22-9-5-4-8-21(22)2/h4-11,20H,12-19H2,1-3H3,(H,27,31). The van der Waals surface area contributed by atoms with Gasteiger partial charge in [-0.2, -0.15) is 0 Å². The van der Waals surface area contributed by atoms with Crippen molar-refractivity contribution >= 4 is 17.5 Å². The molecule has 0 aromatic heterocycles. The molecule has 1 N–H and O–H groups in total. The van der Waals surface area contributed by atoms with Crippen LogP contribution in [0.5, 0.6) is 5.75 Å². The average Bonchev–Trinajstić information content (AvgIpc) is 2.79. The summed E-state index contributed by atoms with van der Waals surface area (Å²) in [7, 11) is 2.09. The molecule has 6 heteroatoms. The molecule has 172 valence electrons. The summed E-state index contributed by atoms with van der Waals surface area (Å²) >= 11 is 0. The summed E-state index contributed by atoms with van der Waals surface area (Å²) < 4.78 is 5.99. The lowest BCUT2D eigenvalue weighted by Crippen LogP contribution is -2.47. The number of carbonyl (C=O) groups excluding carboxylic acids is 2. The van der Waals surface area contributed by atoms with Gasteiger partial charge in [0.15, 0.2) is 0 Å². The summed E-state index contributed by atoms with van der Waals surface area (Å²) in [4.78, 5) is 29.3. The van der Waals surface area contributed by atoms with Crippen LogP contribution in [0.3, 0.4) is 0 Å². The Morgan fingerprint density at radius 3 is 2.44 bits per heavy atom. The highest BCUT2D eigenvalue weighted by atomic mass is 16.5. The van der Waals surface area contributed by atoms with E-state index in [2.05, 4.69) is 24.2 Å². The summed E-state index contributed by atoms with van der Waals surface area (Å²) in [5, 5.41) is 2.97. The molecule has 0 aliphatic carbocycles. The number of benzene rings is 2. The zero-order chi connectivity index (χ0) is 22.9. The largest absolute Gasteiger partial charge is 0.491 e. The number of piperazine rings is 1. The molecule has 0 saturated carbocycles. The first-order chi connectivity index (χ1) is 15.4. The normalized spacial score (nSPS) is 15.3. The molecule has 0 spiro atoms. The Kier molecular flexibility index (Phi) is 8.68. The smallest absolute Gasteiger partial charge is 0.256 e. The summed E-state index contributed by atoms with van der Waals surface area (Å²) in [5.74, 6) is 1.17. The molecule has 1 aliphatic rings. The maximum atomic E-state index is 12.7. The fourth-order valence-electron chi connectivity index (χ4n) is 3.81. The van der Waals surface area contributed by atoms with Gasteiger partial charge in [0.05, 0.1) is 12.3 Å². The van der Waals surface area contributed by atoms with Gasteiger partial charge in [-0.15, -0.1) is 0 Å². The number of aryl methyl sites for hydroxylation is 1. The Morgan fingerprint density at radius 1 is 1.00 bits per heavy atom. The minimum Gasteiger partial charge on any atom is -0.491 e. The van der Waals surface area contributed by atoms with Gasteiger partial charge in [-0.1, -0.05) is 37.3 Å². The number of nitrogens with one attached hydrogen (secondary N) is 1. The van der Waals surface area contributed by atoms with E-state index >= 15 is 0 Å².